The summed E-state index contributed by atoms with van der Waals surface area (Å²) in [6.45, 7) is 3.72. The summed E-state index contributed by atoms with van der Waals surface area (Å²) in [7, 11) is -2.08. The van der Waals surface area contributed by atoms with Gasteiger partial charge in [0.2, 0.25) is 21.7 Å². The molecular formula is C25H30N2O6S. The molecule has 182 valence electrons. The van der Waals surface area contributed by atoms with Crippen LogP contribution in [0.5, 0.6) is 17.2 Å². The summed E-state index contributed by atoms with van der Waals surface area (Å²) in [5.41, 5.74) is 1.79. The normalized spacial score (nSPS) is 16.8. The lowest BCUT2D eigenvalue weighted by Gasteiger charge is -2.21. The number of fused-ring (bicyclic) bond motifs is 1. The lowest BCUT2D eigenvalue weighted by Crippen LogP contribution is -2.32. The molecule has 1 fully saturated rings. The molecule has 2 aliphatic rings. The van der Waals surface area contributed by atoms with Crippen LogP contribution < -0.4 is 19.5 Å². The molecular weight excluding hydrogens is 456 g/mol. The van der Waals surface area contributed by atoms with E-state index >= 15 is 0 Å². The maximum absolute atomic E-state index is 13.3. The molecule has 2 aliphatic heterocycles. The van der Waals surface area contributed by atoms with Gasteiger partial charge in [-0.15, -0.1) is 0 Å². The largest absolute Gasteiger partial charge is 0.493 e. The van der Waals surface area contributed by atoms with Crippen molar-refractivity contribution in [1.29, 1.82) is 0 Å². The number of amides is 1. The van der Waals surface area contributed by atoms with Crippen LogP contribution in [0.1, 0.15) is 36.8 Å². The molecule has 9 heteroatoms. The van der Waals surface area contributed by atoms with E-state index in [0.717, 1.165) is 25.7 Å². The predicted octanol–water partition coefficient (Wildman–Crippen LogP) is 3.99. The van der Waals surface area contributed by atoms with E-state index in [1.54, 1.807) is 48.7 Å². The molecule has 0 atom stereocenters. The Hall–Kier alpha value is -3.04. The first-order valence-electron chi connectivity index (χ1n) is 11.5. The van der Waals surface area contributed by atoms with Gasteiger partial charge in [0, 0.05) is 24.9 Å². The smallest absolute Gasteiger partial charge is 0.248 e. The van der Waals surface area contributed by atoms with Crippen molar-refractivity contribution in [3.05, 3.63) is 47.5 Å². The van der Waals surface area contributed by atoms with Crippen molar-refractivity contribution in [2.45, 2.75) is 37.5 Å². The number of hydrogen-bond donors (Lipinski definition) is 1. The molecule has 0 unspecified atom stereocenters. The van der Waals surface area contributed by atoms with Crippen LogP contribution in [0.25, 0.3) is 6.08 Å². The summed E-state index contributed by atoms with van der Waals surface area (Å²) in [5, 5.41) is 2.76. The van der Waals surface area contributed by atoms with Gasteiger partial charge >= 0.3 is 0 Å². The second kappa shape index (κ2) is 10.5. The van der Waals surface area contributed by atoms with Crippen molar-refractivity contribution in [3.63, 3.8) is 0 Å². The third-order valence-electron chi connectivity index (χ3n) is 5.92. The van der Waals surface area contributed by atoms with Crippen LogP contribution in [0.15, 0.2) is 41.3 Å². The SMILES string of the molecule is COc1cc(/C=C/C(=O)Nc2ccc(C)c(S(=O)(=O)N3CCCCCC3)c2)cc2c1OCCO2. The van der Waals surface area contributed by atoms with E-state index in [0.29, 0.717) is 60.4 Å². The number of carbonyl (C=O) groups is 1. The van der Waals surface area contributed by atoms with Crippen LogP contribution in [-0.4, -0.2) is 52.0 Å². The number of ether oxygens (including phenoxy) is 3. The fraction of sp³-hybridized carbons (Fsp3) is 0.400. The van der Waals surface area contributed by atoms with Gasteiger partial charge < -0.3 is 19.5 Å². The van der Waals surface area contributed by atoms with Crippen molar-refractivity contribution < 1.29 is 27.4 Å². The van der Waals surface area contributed by atoms with E-state index < -0.39 is 10.0 Å². The number of aryl methyl sites for hydroxylation is 1. The molecule has 2 aromatic rings. The van der Waals surface area contributed by atoms with Crippen LogP contribution in [0, 0.1) is 6.92 Å². The minimum Gasteiger partial charge on any atom is -0.493 e. The van der Waals surface area contributed by atoms with Gasteiger partial charge in [-0.1, -0.05) is 18.9 Å². The van der Waals surface area contributed by atoms with Crippen LogP contribution in [-0.2, 0) is 14.8 Å². The van der Waals surface area contributed by atoms with Gasteiger partial charge in [-0.2, -0.15) is 4.31 Å². The van der Waals surface area contributed by atoms with Crippen molar-refractivity contribution in [2.24, 2.45) is 0 Å². The summed E-state index contributed by atoms with van der Waals surface area (Å²) in [6.07, 6.45) is 6.84. The summed E-state index contributed by atoms with van der Waals surface area (Å²) < 4.78 is 44.7. The summed E-state index contributed by atoms with van der Waals surface area (Å²) in [6, 6.07) is 8.49. The Bertz CT molecular complexity index is 1170. The number of sulfonamides is 1. The number of anilines is 1. The fourth-order valence-corrected chi connectivity index (χ4v) is 5.89. The van der Waals surface area contributed by atoms with Gasteiger partial charge in [0.15, 0.2) is 11.5 Å². The zero-order chi connectivity index (χ0) is 24.1. The Kier molecular flexibility index (Phi) is 7.43. The summed E-state index contributed by atoms with van der Waals surface area (Å²) in [5.74, 6) is 1.26. The van der Waals surface area contributed by atoms with Crippen molar-refractivity contribution in [2.75, 3.05) is 38.7 Å². The highest BCUT2D eigenvalue weighted by molar-refractivity contribution is 7.89. The summed E-state index contributed by atoms with van der Waals surface area (Å²) in [4.78, 5) is 12.8. The van der Waals surface area contributed by atoms with Gasteiger partial charge in [-0.25, -0.2) is 8.42 Å². The minimum atomic E-state index is -3.62. The topological polar surface area (TPSA) is 94.2 Å². The number of hydrogen-bond acceptors (Lipinski definition) is 6. The molecule has 4 rings (SSSR count). The first-order chi connectivity index (χ1) is 16.4. The van der Waals surface area contributed by atoms with Gasteiger partial charge in [0.1, 0.15) is 13.2 Å². The Morgan fingerprint density at radius 3 is 2.53 bits per heavy atom. The van der Waals surface area contributed by atoms with E-state index in [1.165, 1.54) is 12.1 Å². The van der Waals surface area contributed by atoms with E-state index in [4.69, 9.17) is 14.2 Å². The quantitative estimate of drug-likeness (QED) is 0.621. The van der Waals surface area contributed by atoms with Gasteiger partial charge in [0.05, 0.1) is 12.0 Å². The number of methoxy groups -OCH3 is 1. The number of benzene rings is 2. The lowest BCUT2D eigenvalue weighted by atomic mass is 10.1. The van der Waals surface area contributed by atoms with Crippen LogP contribution in [0.4, 0.5) is 5.69 Å². The monoisotopic (exact) mass is 486 g/mol. The average molecular weight is 487 g/mol. The van der Waals surface area contributed by atoms with Crippen molar-refractivity contribution in [1.82, 2.24) is 4.31 Å². The number of nitrogens with zero attached hydrogens (tertiary/aromatic N) is 1. The molecule has 2 aromatic carbocycles. The van der Waals surface area contributed by atoms with E-state index in [9.17, 15) is 13.2 Å². The molecule has 0 aromatic heterocycles. The Morgan fingerprint density at radius 2 is 1.79 bits per heavy atom. The van der Waals surface area contributed by atoms with E-state index in [2.05, 4.69) is 5.32 Å². The number of rotatable bonds is 6. The molecule has 0 saturated carbocycles. The minimum absolute atomic E-state index is 0.229. The van der Waals surface area contributed by atoms with Crippen LogP contribution in [0.3, 0.4) is 0 Å². The highest BCUT2D eigenvalue weighted by Gasteiger charge is 2.27. The first-order valence-corrected chi connectivity index (χ1v) is 12.9. The zero-order valence-corrected chi connectivity index (χ0v) is 20.3. The molecule has 1 N–H and O–H groups in total. The Labute approximate surface area is 200 Å². The van der Waals surface area contributed by atoms with Crippen LogP contribution in [0.2, 0.25) is 0 Å². The highest BCUT2D eigenvalue weighted by atomic mass is 32.2. The highest BCUT2D eigenvalue weighted by Crippen LogP contribution is 2.40. The van der Waals surface area contributed by atoms with Gasteiger partial charge in [-0.05, 0) is 61.2 Å². The molecule has 1 amide bonds. The maximum atomic E-state index is 13.3. The van der Waals surface area contributed by atoms with Crippen molar-refractivity contribution in [3.8, 4) is 17.2 Å². The molecule has 0 bridgehead atoms. The Balaban J connectivity index is 1.50. The van der Waals surface area contributed by atoms with Gasteiger partial charge in [0.25, 0.3) is 0 Å². The standard InChI is InChI=1S/C25H30N2O6S/c1-18-7-9-20(17-23(18)34(29,30)27-11-5-3-4-6-12-27)26-24(28)10-8-19-15-21(31-2)25-22(16-19)32-13-14-33-25/h7-10,15-17H,3-6,11-14H2,1-2H3,(H,26,28)/b10-8+. The second-order valence-electron chi connectivity index (χ2n) is 8.37. The van der Waals surface area contributed by atoms with E-state index in [1.807, 2.05) is 0 Å². The molecule has 34 heavy (non-hydrogen) atoms. The summed E-state index contributed by atoms with van der Waals surface area (Å²) >= 11 is 0. The van der Waals surface area contributed by atoms with E-state index in [-0.39, 0.29) is 10.8 Å². The lowest BCUT2D eigenvalue weighted by molar-refractivity contribution is -0.111. The predicted molar refractivity (Wildman–Crippen MR) is 130 cm³/mol. The third-order valence-corrected chi connectivity index (χ3v) is 7.96. The zero-order valence-electron chi connectivity index (χ0n) is 19.5. The molecule has 1 saturated heterocycles. The third kappa shape index (κ3) is 5.37. The molecule has 8 nitrogen and oxygen atoms in total. The molecule has 0 spiro atoms. The van der Waals surface area contributed by atoms with Crippen LogP contribution >= 0.6 is 0 Å². The second-order valence-corrected chi connectivity index (χ2v) is 10.3. The molecule has 0 radical (unpaired) electrons. The fourth-order valence-electron chi connectivity index (χ4n) is 4.12. The van der Waals surface area contributed by atoms with Gasteiger partial charge in [-0.3, -0.25) is 4.79 Å². The molecule has 0 aliphatic carbocycles. The maximum Gasteiger partial charge on any atom is 0.248 e. The number of nitrogens with one attached hydrogen (secondary N) is 1. The Morgan fingerprint density at radius 1 is 1.06 bits per heavy atom. The average Bonchev–Trinajstić information content (AvgIpc) is 3.13. The van der Waals surface area contributed by atoms with Crippen molar-refractivity contribution >= 4 is 27.7 Å². The first kappa shape index (κ1) is 24.1. The number of carbonyl (C=O) groups excluding carboxylic acids is 1. The molecule has 2 heterocycles.